The normalized spacial score (nSPS) is 10.6. The van der Waals surface area contributed by atoms with Crippen LogP contribution in [0.5, 0.6) is 0 Å². The van der Waals surface area contributed by atoms with Crippen LogP contribution in [0.15, 0.2) is 42.5 Å². The molecule has 0 saturated heterocycles. The summed E-state index contributed by atoms with van der Waals surface area (Å²) < 4.78 is 0. The summed E-state index contributed by atoms with van der Waals surface area (Å²) in [5.41, 5.74) is 1.39. The van der Waals surface area contributed by atoms with Gasteiger partial charge in [0.15, 0.2) is 0 Å². The first-order valence-electron chi connectivity index (χ1n) is 5.24. The minimum absolute atomic E-state index is 0. The van der Waals surface area contributed by atoms with Gasteiger partial charge in [0.25, 0.3) is 0 Å². The van der Waals surface area contributed by atoms with Crippen LogP contribution in [0.4, 0.5) is 0 Å². The molecule has 0 N–H and O–H groups in total. The number of benzene rings is 1. The molecule has 15 heavy (non-hydrogen) atoms. The molecular weight excluding hydrogens is 177 g/mol. The van der Waals surface area contributed by atoms with Gasteiger partial charge in [-0.3, -0.25) is 4.90 Å². The summed E-state index contributed by atoms with van der Waals surface area (Å²) in [6.45, 7) is 7.45. The second kappa shape index (κ2) is 8.80. The van der Waals surface area contributed by atoms with E-state index in [2.05, 4.69) is 61.2 Å². The van der Waals surface area contributed by atoms with Gasteiger partial charge in [-0.1, -0.05) is 49.4 Å². The van der Waals surface area contributed by atoms with E-state index in [9.17, 15) is 0 Å². The van der Waals surface area contributed by atoms with Crippen molar-refractivity contribution < 1.29 is 20.3 Å². The molecule has 0 amide bonds. The molecule has 0 saturated carbocycles. The first kappa shape index (κ1) is 14.5. The van der Waals surface area contributed by atoms with Crippen molar-refractivity contribution in [3.05, 3.63) is 48.0 Å². The SMILES string of the molecule is C/C=C/CN(CC)Cc1ccccc1.[H-].[Li+]. The van der Waals surface area contributed by atoms with Gasteiger partial charge in [0.1, 0.15) is 0 Å². The predicted octanol–water partition coefficient (Wildman–Crippen LogP) is 0.201. The largest absolute Gasteiger partial charge is 1.00 e. The van der Waals surface area contributed by atoms with Crippen molar-refractivity contribution in [1.82, 2.24) is 4.90 Å². The maximum Gasteiger partial charge on any atom is 1.00 e. The maximum absolute atomic E-state index is 2.41. The second-order valence-corrected chi connectivity index (χ2v) is 3.38. The van der Waals surface area contributed by atoms with Crippen molar-refractivity contribution in [3.63, 3.8) is 0 Å². The number of allylic oxidation sites excluding steroid dienone is 1. The van der Waals surface area contributed by atoms with Crippen molar-refractivity contribution in [3.8, 4) is 0 Å². The Balaban J connectivity index is 0. The Kier molecular flexibility index (Phi) is 8.51. The Labute approximate surface area is 107 Å². The van der Waals surface area contributed by atoms with Crippen molar-refractivity contribution in [1.29, 1.82) is 0 Å². The fraction of sp³-hybridized carbons (Fsp3) is 0.385. The molecule has 0 unspecified atom stereocenters. The molecule has 0 aromatic heterocycles. The first-order chi connectivity index (χ1) is 6.86. The molecule has 0 heterocycles. The number of hydrogen-bond donors (Lipinski definition) is 0. The summed E-state index contributed by atoms with van der Waals surface area (Å²) in [6.07, 6.45) is 4.31. The summed E-state index contributed by atoms with van der Waals surface area (Å²) >= 11 is 0. The standard InChI is InChI=1S/C13H19N.Li.H/c1-3-5-11-14(4-2)12-13-9-7-6-8-10-13;;/h3,5-10H,4,11-12H2,1-2H3;;/q;+1;-1/b5-3+;;. The number of rotatable bonds is 5. The Morgan fingerprint density at radius 3 is 2.47 bits per heavy atom. The number of hydrogen-bond acceptors (Lipinski definition) is 1. The van der Waals surface area contributed by atoms with E-state index in [4.69, 9.17) is 0 Å². The van der Waals surface area contributed by atoms with Crippen LogP contribution < -0.4 is 18.9 Å². The van der Waals surface area contributed by atoms with Crippen LogP contribution in [0.2, 0.25) is 0 Å². The monoisotopic (exact) mass is 197 g/mol. The Bertz CT molecular complexity index is 275. The van der Waals surface area contributed by atoms with Crippen LogP contribution in [-0.4, -0.2) is 18.0 Å². The van der Waals surface area contributed by atoms with E-state index in [0.717, 1.165) is 19.6 Å². The van der Waals surface area contributed by atoms with Gasteiger partial charge in [-0.2, -0.15) is 0 Å². The van der Waals surface area contributed by atoms with Crippen molar-refractivity contribution in [2.45, 2.75) is 20.4 Å². The Morgan fingerprint density at radius 2 is 1.93 bits per heavy atom. The quantitative estimate of drug-likeness (QED) is 0.481. The zero-order valence-electron chi connectivity index (χ0n) is 11.1. The van der Waals surface area contributed by atoms with E-state index in [-0.39, 0.29) is 20.3 Å². The van der Waals surface area contributed by atoms with E-state index in [0.29, 0.717) is 0 Å². The molecule has 0 radical (unpaired) electrons. The van der Waals surface area contributed by atoms with Gasteiger partial charge in [-0.25, -0.2) is 0 Å². The van der Waals surface area contributed by atoms with E-state index in [1.54, 1.807) is 0 Å². The minimum atomic E-state index is 0. The Hall–Kier alpha value is -0.483. The summed E-state index contributed by atoms with van der Waals surface area (Å²) in [6, 6.07) is 10.6. The summed E-state index contributed by atoms with van der Waals surface area (Å²) in [5, 5.41) is 0. The predicted molar refractivity (Wildman–Crippen MR) is 63.3 cm³/mol. The topological polar surface area (TPSA) is 3.24 Å². The van der Waals surface area contributed by atoms with Crippen LogP contribution in [0.1, 0.15) is 20.8 Å². The molecule has 0 aliphatic rings. The third-order valence-corrected chi connectivity index (χ3v) is 2.30. The Morgan fingerprint density at radius 1 is 1.27 bits per heavy atom. The molecule has 0 atom stereocenters. The second-order valence-electron chi connectivity index (χ2n) is 3.38. The molecule has 0 aliphatic heterocycles. The molecule has 78 valence electrons. The van der Waals surface area contributed by atoms with Crippen LogP contribution in [0.3, 0.4) is 0 Å². The minimum Gasteiger partial charge on any atom is -1.00 e. The molecule has 1 nitrogen and oxygen atoms in total. The number of nitrogens with zero attached hydrogens (tertiary/aromatic N) is 1. The van der Waals surface area contributed by atoms with E-state index >= 15 is 0 Å². The van der Waals surface area contributed by atoms with Gasteiger partial charge in [-0.05, 0) is 19.0 Å². The summed E-state index contributed by atoms with van der Waals surface area (Å²) in [4.78, 5) is 2.41. The molecular formula is C13H20LiN. The van der Waals surface area contributed by atoms with Crippen molar-refractivity contribution in [2.75, 3.05) is 13.1 Å². The average Bonchev–Trinajstić information content (AvgIpc) is 2.25. The molecule has 0 bridgehead atoms. The molecule has 2 heteroatoms. The summed E-state index contributed by atoms with van der Waals surface area (Å²) in [5.74, 6) is 0. The molecule has 1 rings (SSSR count). The maximum atomic E-state index is 2.41. The van der Waals surface area contributed by atoms with Gasteiger partial charge in [-0.15, -0.1) is 0 Å². The third kappa shape index (κ3) is 5.84. The van der Waals surface area contributed by atoms with Crippen LogP contribution in [0, 0.1) is 0 Å². The first-order valence-corrected chi connectivity index (χ1v) is 5.24. The van der Waals surface area contributed by atoms with E-state index < -0.39 is 0 Å². The van der Waals surface area contributed by atoms with Gasteiger partial charge < -0.3 is 1.43 Å². The zero-order chi connectivity index (χ0) is 10.2. The molecule has 0 spiro atoms. The van der Waals surface area contributed by atoms with Gasteiger partial charge in [0.2, 0.25) is 0 Å². The van der Waals surface area contributed by atoms with Crippen molar-refractivity contribution >= 4 is 0 Å². The molecule has 1 aromatic rings. The fourth-order valence-corrected chi connectivity index (χ4v) is 1.40. The number of likely N-dealkylation sites (N-methyl/N-ethyl adjacent to an activating group) is 1. The van der Waals surface area contributed by atoms with Gasteiger partial charge in [0.05, 0.1) is 0 Å². The fourth-order valence-electron chi connectivity index (χ4n) is 1.40. The van der Waals surface area contributed by atoms with Crippen LogP contribution in [0.25, 0.3) is 0 Å². The van der Waals surface area contributed by atoms with Crippen molar-refractivity contribution in [2.24, 2.45) is 0 Å². The third-order valence-electron chi connectivity index (χ3n) is 2.30. The van der Waals surface area contributed by atoms with E-state index in [1.807, 2.05) is 0 Å². The molecule has 1 aromatic carbocycles. The smallest absolute Gasteiger partial charge is 1.00 e. The van der Waals surface area contributed by atoms with Crippen LogP contribution >= 0.6 is 0 Å². The zero-order valence-corrected chi connectivity index (χ0v) is 10.1. The average molecular weight is 197 g/mol. The van der Waals surface area contributed by atoms with Crippen LogP contribution in [-0.2, 0) is 6.54 Å². The van der Waals surface area contributed by atoms with Gasteiger partial charge in [0, 0.05) is 13.1 Å². The molecule has 0 aliphatic carbocycles. The van der Waals surface area contributed by atoms with Gasteiger partial charge >= 0.3 is 18.9 Å². The molecule has 0 fully saturated rings. The summed E-state index contributed by atoms with van der Waals surface area (Å²) in [7, 11) is 0. The van der Waals surface area contributed by atoms with E-state index in [1.165, 1.54) is 5.56 Å².